The van der Waals surface area contributed by atoms with Crippen LogP contribution in [-0.4, -0.2) is 13.0 Å². The Kier molecular flexibility index (Phi) is 3.91. The van der Waals surface area contributed by atoms with Crippen molar-refractivity contribution >= 4 is 5.91 Å². The quantitative estimate of drug-likeness (QED) is 0.594. The Bertz CT molecular complexity index is 595. The van der Waals surface area contributed by atoms with Gasteiger partial charge in [-0.25, -0.2) is 5.43 Å². The second kappa shape index (κ2) is 5.72. The molecule has 0 radical (unpaired) electrons. The fourth-order valence-corrected chi connectivity index (χ4v) is 6.94. The molecule has 2 N–H and O–H groups in total. The number of hydrazine groups is 1. The summed E-state index contributed by atoms with van der Waals surface area (Å²) in [5.74, 6) is 3.28. The van der Waals surface area contributed by atoms with Gasteiger partial charge in [-0.1, -0.05) is 32.1 Å². The van der Waals surface area contributed by atoms with Crippen LogP contribution < -0.4 is 10.9 Å². The van der Waals surface area contributed by atoms with Gasteiger partial charge in [0.05, 0.1) is 0 Å². The first-order valence-corrected chi connectivity index (χ1v) is 9.83. The van der Waals surface area contributed by atoms with E-state index in [0.717, 1.165) is 29.7 Å². The van der Waals surface area contributed by atoms with Crippen LogP contribution in [0.1, 0.15) is 58.8 Å². The van der Waals surface area contributed by atoms with Crippen LogP contribution in [0.5, 0.6) is 0 Å². The van der Waals surface area contributed by atoms with Crippen molar-refractivity contribution in [2.45, 2.75) is 58.8 Å². The molecule has 0 saturated heterocycles. The molecule has 3 heteroatoms. The van der Waals surface area contributed by atoms with Crippen LogP contribution >= 0.6 is 0 Å². The lowest BCUT2D eigenvalue weighted by molar-refractivity contribution is -0.121. The highest BCUT2D eigenvalue weighted by Crippen LogP contribution is 2.65. The summed E-state index contributed by atoms with van der Waals surface area (Å²) >= 11 is 0. The maximum Gasteiger partial charge on any atom is 0.261 e. The predicted molar refractivity (Wildman–Crippen MR) is 96.9 cm³/mol. The Labute approximate surface area is 146 Å². The smallest absolute Gasteiger partial charge is 0.261 e. The van der Waals surface area contributed by atoms with E-state index < -0.39 is 0 Å². The summed E-state index contributed by atoms with van der Waals surface area (Å²) < 4.78 is 0. The van der Waals surface area contributed by atoms with Gasteiger partial charge in [-0.3, -0.25) is 10.2 Å². The van der Waals surface area contributed by atoms with Gasteiger partial charge in [0.15, 0.2) is 0 Å². The van der Waals surface area contributed by atoms with E-state index in [0.29, 0.717) is 11.3 Å². The van der Waals surface area contributed by atoms with Gasteiger partial charge in [0.2, 0.25) is 0 Å². The molecule has 1 unspecified atom stereocenters. The molecular weight excluding hydrogens is 296 g/mol. The molecule has 0 spiro atoms. The van der Waals surface area contributed by atoms with Crippen LogP contribution in [0.4, 0.5) is 0 Å². The number of amides is 1. The fraction of sp³-hybridized carbons (Fsp3) is 0.762. The lowest BCUT2D eigenvalue weighted by Gasteiger charge is -2.59. The molecule has 3 nitrogen and oxygen atoms in total. The van der Waals surface area contributed by atoms with E-state index in [9.17, 15) is 4.79 Å². The van der Waals surface area contributed by atoms with Gasteiger partial charge in [0.25, 0.3) is 5.91 Å². The minimum atomic E-state index is 0.0792. The number of rotatable bonds is 2. The monoisotopic (exact) mass is 328 g/mol. The van der Waals surface area contributed by atoms with E-state index in [-0.39, 0.29) is 11.3 Å². The highest BCUT2D eigenvalue weighted by molar-refractivity contribution is 5.95. The first-order chi connectivity index (χ1) is 11.5. The zero-order valence-corrected chi connectivity index (χ0v) is 15.4. The van der Waals surface area contributed by atoms with Crippen molar-refractivity contribution in [3.63, 3.8) is 0 Å². The number of nitrogens with one attached hydrogen (secondary N) is 2. The van der Waals surface area contributed by atoms with Crippen LogP contribution in [0.2, 0.25) is 0 Å². The van der Waals surface area contributed by atoms with Crippen LogP contribution in [-0.2, 0) is 4.79 Å². The summed E-state index contributed by atoms with van der Waals surface area (Å²) in [5, 5.41) is 0. The van der Waals surface area contributed by atoms with Gasteiger partial charge in [0.1, 0.15) is 0 Å². The molecule has 24 heavy (non-hydrogen) atoms. The van der Waals surface area contributed by atoms with Gasteiger partial charge in [-0.2, -0.15) is 0 Å². The number of hydrogen-bond donors (Lipinski definition) is 2. The first-order valence-electron chi connectivity index (χ1n) is 9.83. The Hall–Kier alpha value is -1.09. The molecule has 0 aromatic rings. The maximum absolute atomic E-state index is 12.5. The summed E-state index contributed by atoms with van der Waals surface area (Å²) in [7, 11) is 1.77. The molecule has 0 aromatic carbocycles. The van der Waals surface area contributed by atoms with Crippen LogP contribution in [0.25, 0.3) is 0 Å². The molecule has 0 aliphatic heterocycles. The fourth-order valence-electron chi connectivity index (χ4n) is 6.94. The number of hydrogen-bond acceptors (Lipinski definition) is 2. The number of carbonyl (C=O) groups is 1. The standard InChI is InChI=1S/C21H32N2O/c1-20-12-5-4-6-14(20)7-8-15-16-9-10-18(19(24)23-22-3)21(16,2)13-11-17(15)20/h4-5,10,14-17,22H,6-9,11-13H2,1-3H3,(H,23,24)/t14?,15-,16-,17-,20-,21-/m0/s1. The highest BCUT2D eigenvalue weighted by atomic mass is 16.2. The summed E-state index contributed by atoms with van der Waals surface area (Å²) in [6.45, 7) is 4.93. The molecule has 0 bridgehead atoms. The van der Waals surface area contributed by atoms with E-state index >= 15 is 0 Å². The molecule has 1 amide bonds. The molecule has 6 atom stereocenters. The van der Waals surface area contributed by atoms with Gasteiger partial charge in [0, 0.05) is 18.0 Å². The molecular formula is C21H32N2O. The van der Waals surface area contributed by atoms with Gasteiger partial charge < -0.3 is 0 Å². The molecule has 0 aromatic heterocycles. The predicted octanol–water partition coefficient (Wildman–Crippen LogP) is 3.98. The molecule has 4 aliphatic carbocycles. The Morgan fingerprint density at radius 2 is 1.96 bits per heavy atom. The number of carbonyl (C=O) groups excluding carboxylic acids is 1. The van der Waals surface area contributed by atoms with Crippen LogP contribution in [0, 0.1) is 34.5 Å². The average molecular weight is 329 g/mol. The van der Waals surface area contributed by atoms with E-state index in [1.54, 1.807) is 7.05 Å². The molecule has 4 rings (SSSR count). The Morgan fingerprint density at radius 3 is 2.75 bits per heavy atom. The van der Waals surface area contributed by atoms with Crippen molar-refractivity contribution in [3.05, 3.63) is 23.8 Å². The van der Waals surface area contributed by atoms with Gasteiger partial charge >= 0.3 is 0 Å². The minimum Gasteiger partial charge on any atom is -0.288 e. The molecule has 2 saturated carbocycles. The van der Waals surface area contributed by atoms with Crippen LogP contribution in [0.3, 0.4) is 0 Å². The SMILES string of the molecule is CNNC(=O)C1=CC[C@H]2[C@@H]3CCC4CC=CC[C@]4(C)[C@H]3CC[C@]12C. The first kappa shape index (κ1) is 16.4. The van der Waals surface area contributed by atoms with Gasteiger partial charge in [-0.05, 0) is 74.0 Å². The van der Waals surface area contributed by atoms with E-state index in [1.165, 1.54) is 38.5 Å². The molecule has 0 heterocycles. The number of fused-ring (bicyclic) bond motifs is 5. The van der Waals surface area contributed by atoms with E-state index in [1.807, 2.05) is 0 Å². The average Bonchev–Trinajstić information content (AvgIpc) is 2.92. The summed E-state index contributed by atoms with van der Waals surface area (Å²) in [4.78, 5) is 12.5. The van der Waals surface area contributed by atoms with Crippen molar-refractivity contribution < 1.29 is 4.79 Å². The van der Waals surface area contributed by atoms with Crippen molar-refractivity contribution in [2.24, 2.45) is 34.5 Å². The normalized spacial score (nSPS) is 46.5. The number of allylic oxidation sites excluding steroid dienone is 3. The second-order valence-electron chi connectivity index (χ2n) is 9.08. The van der Waals surface area contributed by atoms with Crippen LogP contribution in [0.15, 0.2) is 23.8 Å². The third-order valence-corrected chi connectivity index (χ3v) is 8.27. The lowest BCUT2D eigenvalue weighted by atomic mass is 9.45. The van der Waals surface area contributed by atoms with E-state index in [4.69, 9.17) is 0 Å². The summed E-state index contributed by atoms with van der Waals surface area (Å²) in [5.41, 5.74) is 7.23. The summed E-state index contributed by atoms with van der Waals surface area (Å²) in [6.07, 6.45) is 16.0. The summed E-state index contributed by atoms with van der Waals surface area (Å²) in [6, 6.07) is 0. The van der Waals surface area contributed by atoms with Crippen molar-refractivity contribution in [3.8, 4) is 0 Å². The third-order valence-electron chi connectivity index (χ3n) is 8.27. The zero-order chi connectivity index (χ0) is 16.9. The van der Waals surface area contributed by atoms with E-state index in [2.05, 4.69) is 42.9 Å². The molecule has 2 fully saturated rings. The minimum absolute atomic E-state index is 0.0792. The maximum atomic E-state index is 12.5. The van der Waals surface area contributed by atoms with Crippen molar-refractivity contribution in [2.75, 3.05) is 7.05 Å². The largest absolute Gasteiger partial charge is 0.288 e. The lowest BCUT2D eigenvalue weighted by Crippen LogP contribution is -2.52. The van der Waals surface area contributed by atoms with Crippen molar-refractivity contribution in [1.82, 2.24) is 10.9 Å². The van der Waals surface area contributed by atoms with Crippen molar-refractivity contribution in [1.29, 1.82) is 0 Å². The Morgan fingerprint density at radius 1 is 1.12 bits per heavy atom. The van der Waals surface area contributed by atoms with Gasteiger partial charge in [-0.15, -0.1) is 0 Å². The Balaban J connectivity index is 1.60. The third kappa shape index (κ3) is 2.16. The molecule has 4 aliphatic rings. The topological polar surface area (TPSA) is 41.1 Å². The molecule has 132 valence electrons. The highest BCUT2D eigenvalue weighted by Gasteiger charge is 2.58. The zero-order valence-electron chi connectivity index (χ0n) is 15.4. The second-order valence-corrected chi connectivity index (χ2v) is 9.08.